The van der Waals surface area contributed by atoms with E-state index in [0.29, 0.717) is 0 Å². The normalized spacial score (nSPS) is 15.5. The standard InChI is InChI=1S/C16H8F6N2O4/c17-15(18,19)14(16(20,21)22)12-6-10(23(25)26)3-1-8(12)5-9-2-4-11(24(27)28)7-13(9)14/h1-4,6-7H,5H2. The van der Waals surface area contributed by atoms with Gasteiger partial charge in [0.05, 0.1) is 9.85 Å². The third-order valence-electron chi connectivity index (χ3n) is 4.65. The minimum absolute atomic E-state index is 0.234. The summed E-state index contributed by atoms with van der Waals surface area (Å²) < 4.78 is 84.3. The number of alkyl halides is 6. The predicted molar refractivity (Wildman–Crippen MR) is 81.9 cm³/mol. The molecule has 0 amide bonds. The molecule has 148 valence electrons. The molecule has 6 nitrogen and oxygen atoms in total. The first-order valence-electron chi connectivity index (χ1n) is 7.49. The van der Waals surface area contributed by atoms with E-state index in [1.807, 2.05) is 0 Å². The summed E-state index contributed by atoms with van der Waals surface area (Å²) in [5.74, 6) is 0. The fourth-order valence-electron chi connectivity index (χ4n) is 3.48. The van der Waals surface area contributed by atoms with Crippen molar-refractivity contribution in [2.75, 3.05) is 0 Å². The van der Waals surface area contributed by atoms with Crippen LogP contribution in [-0.4, -0.2) is 22.2 Å². The van der Waals surface area contributed by atoms with Crippen LogP contribution in [0.5, 0.6) is 0 Å². The summed E-state index contributed by atoms with van der Waals surface area (Å²) in [5, 5.41) is 21.9. The second-order valence-electron chi connectivity index (χ2n) is 6.12. The van der Waals surface area contributed by atoms with Crippen molar-refractivity contribution in [3.8, 4) is 0 Å². The number of nitro groups is 2. The largest absolute Gasteiger partial charge is 0.411 e. The molecule has 2 aromatic carbocycles. The van der Waals surface area contributed by atoms with Crippen molar-refractivity contribution in [2.45, 2.75) is 24.2 Å². The molecule has 28 heavy (non-hydrogen) atoms. The zero-order chi connectivity index (χ0) is 21.1. The topological polar surface area (TPSA) is 86.3 Å². The molecule has 0 spiro atoms. The van der Waals surface area contributed by atoms with E-state index in [4.69, 9.17) is 0 Å². The fourth-order valence-corrected chi connectivity index (χ4v) is 3.48. The average molecular weight is 406 g/mol. The predicted octanol–water partition coefficient (Wildman–Crippen LogP) is 4.82. The average Bonchev–Trinajstić information content (AvgIpc) is 2.56. The molecule has 0 N–H and O–H groups in total. The third kappa shape index (κ3) is 2.59. The van der Waals surface area contributed by atoms with Crippen molar-refractivity contribution in [3.63, 3.8) is 0 Å². The summed E-state index contributed by atoms with van der Waals surface area (Å²) in [6.07, 6.45) is -12.3. The van der Waals surface area contributed by atoms with Gasteiger partial charge >= 0.3 is 12.4 Å². The number of benzene rings is 2. The number of halogens is 6. The lowest BCUT2D eigenvalue weighted by Crippen LogP contribution is -2.56. The first kappa shape index (κ1) is 19.6. The molecule has 0 atom stereocenters. The van der Waals surface area contributed by atoms with Gasteiger partial charge in [0.15, 0.2) is 0 Å². The fraction of sp³-hybridized carbons (Fsp3) is 0.250. The van der Waals surface area contributed by atoms with E-state index in [2.05, 4.69) is 0 Å². The van der Waals surface area contributed by atoms with Gasteiger partial charge in [-0.05, 0) is 28.7 Å². The van der Waals surface area contributed by atoms with Gasteiger partial charge in [0.25, 0.3) is 11.4 Å². The van der Waals surface area contributed by atoms with E-state index >= 15 is 0 Å². The molecule has 0 radical (unpaired) electrons. The van der Waals surface area contributed by atoms with Crippen LogP contribution in [0.3, 0.4) is 0 Å². The van der Waals surface area contributed by atoms with Crippen LogP contribution in [-0.2, 0) is 11.8 Å². The molecule has 0 saturated heterocycles. The first-order valence-corrected chi connectivity index (χ1v) is 7.49. The Balaban J connectivity index is 2.51. The molecule has 1 aliphatic rings. The van der Waals surface area contributed by atoms with Gasteiger partial charge in [-0.2, -0.15) is 26.3 Å². The minimum atomic E-state index is -5.97. The lowest BCUT2D eigenvalue weighted by Gasteiger charge is -2.42. The lowest BCUT2D eigenvalue weighted by atomic mass is 9.65. The van der Waals surface area contributed by atoms with Gasteiger partial charge in [-0.3, -0.25) is 20.2 Å². The Kier molecular flexibility index (Phi) is 4.13. The van der Waals surface area contributed by atoms with E-state index in [1.54, 1.807) is 0 Å². The molecule has 0 unspecified atom stereocenters. The second-order valence-corrected chi connectivity index (χ2v) is 6.12. The molecule has 0 bridgehead atoms. The van der Waals surface area contributed by atoms with Crippen LogP contribution >= 0.6 is 0 Å². The highest BCUT2D eigenvalue weighted by Crippen LogP contribution is 2.60. The van der Waals surface area contributed by atoms with Crippen LogP contribution in [0.15, 0.2) is 36.4 Å². The molecular formula is C16H8F6N2O4. The highest BCUT2D eigenvalue weighted by molar-refractivity contribution is 5.61. The Hall–Kier alpha value is -3.18. The number of nitrogens with zero attached hydrogens (tertiary/aromatic N) is 2. The van der Waals surface area contributed by atoms with Crippen molar-refractivity contribution in [2.24, 2.45) is 0 Å². The van der Waals surface area contributed by atoms with Crippen LogP contribution in [0.2, 0.25) is 0 Å². The summed E-state index contributed by atoms with van der Waals surface area (Å²) in [4.78, 5) is 19.7. The molecule has 3 rings (SSSR count). The highest BCUT2D eigenvalue weighted by atomic mass is 19.4. The van der Waals surface area contributed by atoms with Gasteiger partial charge in [-0.25, -0.2) is 0 Å². The Morgan fingerprint density at radius 1 is 0.750 bits per heavy atom. The van der Waals surface area contributed by atoms with Crippen LogP contribution < -0.4 is 0 Å². The van der Waals surface area contributed by atoms with E-state index in [0.717, 1.165) is 24.3 Å². The van der Waals surface area contributed by atoms with Gasteiger partial charge < -0.3 is 0 Å². The number of hydrogen-bond acceptors (Lipinski definition) is 4. The zero-order valence-corrected chi connectivity index (χ0v) is 13.5. The van der Waals surface area contributed by atoms with Crippen molar-refractivity contribution < 1.29 is 36.2 Å². The van der Waals surface area contributed by atoms with Crippen LogP contribution in [0.25, 0.3) is 0 Å². The SMILES string of the molecule is O=[N+]([O-])c1ccc2c(c1)C(C(F)(F)F)(C(F)(F)F)c1cc([N+](=O)[O-])ccc1C2. The van der Waals surface area contributed by atoms with Gasteiger partial charge in [0, 0.05) is 24.3 Å². The summed E-state index contributed by atoms with van der Waals surface area (Å²) in [6, 6.07) is 3.77. The smallest absolute Gasteiger partial charge is 0.258 e. The van der Waals surface area contributed by atoms with Crippen LogP contribution in [0.1, 0.15) is 22.3 Å². The zero-order valence-electron chi connectivity index (χ0n) is 13.5. The number of nitro benzene ring substituents is 2. The van der Waals surface area contributed by atoms with Crippen molar-refractivity contribution in [3.05, 3.63) is 78.9 Å². The van der Waals surface area contributed by atoms with Crippen LogP contribution in [0, 0.1) is 20.2 Å². The molecule has 0 aliphatic heterocycles. The van der Waals surface area contributed by atoms with Gasteiger partial charge in [-0.15, -0.1) is 0 Å². The summed E-state index contributed by atoms with van der Waals surface area (Å²) in [7, 11) is 0. The number of rotatable bonds is 2. The summed E-state index contributed by atoms with van der Waals surface area (Å²) >= 11 is 0. The Morgan fingerprint density at radius 2 is 1.11 bits per heavy atom. The van der Waals surface area contributed by atoms with Crippen molar-refractivity contribution >= 4 is 11.4 Å². The maximum atomic E-state index is 14.1. The molecule has 0 aromatic heterocycles. The molecule has 1 aliphatic carbocycles. The monoisotopic (exact) mass is 406 g/mol. The van der Waals surface area contributed by atoms with E-state index in [9.17, 15) is 46.6 Å². The lowest BCUT2D eigenvalue weighted by molar-refractivity contribution is -0.385. The highest BCUT2D eigenvalue weighted by Gasteiger charge is 2.74. The third-order valence-corrected chi connectivity index (χ3v) is 4.65. The summed E-state index contributed by atoms with van der Waals surface area (Å²) in [5.41, 5.74) is -10.1. The van der Waals surface area contributed by atoms with Gasteiger partial charge in [0.1, 0.15) is 0 Å². The van der Waals surface area contributed by atoms with E-state index in [-0.39, 0.29) is 12.1 Å². The maximum absolute atomic E-state index is 14.1. The van der Waals surface area contributed by atoms with Crippen molar-refractivity contribution in [1.82, 2.24) is 0 Å². The van der Waals surface area contributed by atoms with E-state index < -0.39 is 67.7 Å². The molecule has 0 saturated carbocycles. The molecule has 12 heteroatoms. The molecule has 0 fully saturated rings. The minimum Gasteiger partial charge on any atom is -0.258 e. The number of non-ortho nitro benzene ring substituents is 2. The quantitative estimate of drug-likeness (QED) is 0.407. The number of hydrogen-bond donors (Lipinski definition) is 0. The first-order chi connectivity index (χ1) is 12.8. The number of fused-ring (bicyclic) bond motifs is 2. The second kappa shape index (κ2) is 5.91. The van der Waals surface area contributed by atoms with E-state index in [1.165, 1.54) is 0 Å². The molecule has 2 aromatic rings. The molecule has 0 heterocycles. The Morgan fingerprint density at radius 3 is 1.39 bits per heavy atom. The van der Waals surface area contributed by atoms with Crippen LogP contribution in [0.4, 0.5) is 37.7 Å². The van der Waals surface area contributed by atoms with Gasteiger partial charge in [-0.1, -0.05) is 12.1 Å². The maximum Gasteiger partial charge on any atom is 0.411 e. The molecular weight excluding hydrogens is 398 g/mol. The Labute approximate surface area is 151 Å². The van der Waals surface area contributed by atoms with Crippen molar-refractivity contribution in [1.29, 1.82) is 0 Å². The Bertz CT molecular complexity index is 920. The summed E-state index contributed by atoms with van der Waals surface area (Å²) in [6.45, 7) is 0. The van der Waals surface area contributed by atoms with Gasteiger partial charge in [0.2, 0.25) is 5.41 Å².